The summed E-state index contributed by atoms with van der Waals surface area (Å²) in [6, 6.07) is 13.3. The number of rotatable bonds is 5. The molecular weight excluding hydrogens is 351 g/mol. The molecule has 0 aliphatic carbocycles. The highest BCUT2D eigenvalue weighted by Crippen LogP contribution is 2.30. The van der Waals surface area contributed by atoms with E-state index in [0.717, 1.165) is 22.8 Å². The zero-order chi connectivity index (χ0) is 18.5. The molecule has 2 aromatic rings. The predicted molar refractivity (Wildman–Crippen MR) is 105 cm³/mol. The van der Waals surface area contributed by atoms with E-state index >= 15 is 0 Å². The number of aliphatic imine (C=N–C) groups is 1. The Balaban J connectivity index is 1.91. The molecule has 1 aliphatic rings. The first-order valence-corrected chi connectivity index (χ1v) is 9.37. The van der Waals surface area contributed by atoms with E-state index < -0.39 is 0 Å². The molecule has 0 fully saturated rings. The molecule has 0 radical (unpaired) electrons. The van der Waals surface area contributed by atoms with Gasteiger partial charge in [0.25, 0.3) is 5.91 Å². The van der Waals surface area contributed by atoms with E-state index in [-0.39, 0.29) is 11.7 Å². The predicted octanol–water partition coefficient (Wildman–Crippen LogP) is 4.72. The number of anilines is 1. The lowest BCUT2D eigenvalue weighted by molar-refractivity contribution is -0.113. The second-order valence-corrected chi connectivity index (χ2v) is 6.71. The highest BCUT2D eigenvalue weighted by atomic mass is 32.2. The van der Waals surface area contributed by atoms with Crippen molar-refractivity contribution in [2.24, 2.45) is 4.99 Å². The second-order valence-electron chi connectivity index (χ2n) is 5.48. The summed E-state index contributed by atoms with van der Waals surface area (Å²) in [5.41, 5.74) is 1.80. The zero-order valence-corrected chi connectivity index (χ0v) is 15.4. The van der Waals surface area contributed by atoms with Crippen molar-refractivity contribution in [3.63, 3.8) is 0 Å². The molecule has 0 atom stereocenters. The third-order valence-corrected chi connectivity index (χ3v) is 4.50. The minimum absolute atomic E-state index is 0.200. The van der Waals surface area contributed by atoms with E-state index in [0.29, 0.717) is 17.5 Å². The molecule has 6 heteroatoms. The fourth-order valence-electron chi connectivity index (χ4n) is 2.52. The van der Waals surface area contributed by atoms with Gasteiger partial charge >= 0.3 is 0 Å². The van der Waals surface area contributed by atoms with E-state index in [2.05, 4.69) is 4.99 Å². The van der Waals surface area contributed by atoms with Crippen LogP contribution in [0, 0.1) is 5.82 Å². The molecule has 0 saturated heterocycles. The third kappa shape index (κ3) is 3.96. The van der Waals surface area contributed by atoms with Gasteiger partial charge in [-0.15, -0.1) is 0 Å². The number of ether oxygens (including phenoxy) is 1. The fourth-order valence-corrected chi connectivity index (χ4v) is 3.26. The zero-order valence-electron chi connectivity index (χ0n) is 14.6. The number of benzene rings is 2. The van der Waals surface area contributed by atoms with Crippen molar-refractivity contribution in [3.05, 3.63) is 65.6 Å². The SMILES string of the molecule is CCOc1ccc(N2C(=O)C(=Cc3ccc(F)cc3)N=C2SCC)cc1. The van der Waals surface area contributed by atoms with Crippen molar-refractivity contribution in [2.75, 3.05) is 17.3 Å². The molecule has 4 nitrogen and oxygen atoms in total. The summed E-state index contributed by atoms with van der Waals surface area (Å²) in [5, 5.41) is 0.634. The Morgan fingerprint density at radius 3 is 2.42 bits per heavy atom. The van der Waals surface area contributed by atoms with Gasteiger partial charge in [0.1, 0.15) is 17.3 Å². The molecule has 0 aromatic heterocycles. The Morgan fingerprint density at radius 1 is 1.12 bits per heavy atom. The van der Waals surface area contributed by atoms with Crippen molar-refractivity contribution in [3.8, 4) is 5.75 Å². The fraction of sp³-hybridized carbons (Fsp3) is 0.200. The van der Waals surface area contributed by atoms with Crippen molar-refractivity contribution >= 4 is 34.6 Å². The first kappa shape index (κ1) is 18.2. The van der Waals surface area contributed by atoms with Crippen LogP contribution >= 0.6 is 11.8 Å². The Kier molecular flexibility index (Phi) is 5.73. The van der Waals surface area contributed by atoms with Gasteiger partial charge in [-0.1, -0.05) is 30.8 Å². The molecule has 0 unspecified atom stereocenters. The van der Waals surface area contributed by atoms with E-state index in [9.17, 15) is 9.18 Å². The minimum Gasteiger partial charge on any atom is -0.494 e. The Bertz CT molecular complexity index is 845. The van der Waals surface area contributed by atoms with Gasteiger partial charge < -0.3 is 4.74 Å². The number of halogens is 1. The molecule has 0 saturated carbocycles. The summed E-state index contributed by atoms with van der Waals surface area (Å²) in [5.74, 6) is 1.04. The Morgan fingerprint density at radius 2 is 1.81 bits per heavy atom. The van der Waals surface area contributed by atoms with Gasteiger partial charge in [-0.25, -0.2) is 9.38 Å². The lowest BCUT2D eigenvalue weighted by Gasteiger charge is -2.17. The quantitative estimate of drug-likeness (QED) is 0.715. The van der Waals surface area contributed by atoms with Crippen molar-refractivity contribution in [2.45, 2.75) is 13.8 Å². The van der Waals surface area contributed by atoms with Crippen molar-refractivity contribution < 1.29 is 13.9 Å². The number of thioether (sulfide) groups is 1. The smallest absolute Gasteiger partial charge is 0.283 e. The van der Waals surface area contributed by atoms with Gasteiger partial charge in [0.2, 0.25) is 0 Å². The molecule has 0 bridgehead atoms. The summed E-state index contributed by atoms with van der Waals surface area (Å²) in [6.07, 6.45) is 1.67. The summed E-state index contributed by atoms with van der Waals surface area (Å²) in [4.78, 5) is 19.0. The van der Waals surface area contributed by atoms with Crippen LogP contribution in [0.25, 0.3) is 6.08 Å². The van der Waals surface area contributed by atoms with Gasteiger partial charge in [0.15, 0.2) is 5.17 Å². The average Bonchev–Trinajstić information content (AvgIpc) is 2.94. The van der Waals surface area contributed by atoms with Crippen LogP contribution in [0.1, 0.15) is 19.4 Å². The molecule has 26 heavy (non-hydrogen) atoms. The highest BCUT2D eigenvalue weighted by Gasteiger charge is 2.31. The summed E-state index contributed by atoms with van der Waals surface area (Å²) < 4.78 is 18.5. The van der Waals surface area contributed by atoms with Gasteiger partial charge in [-0.3, -0.25) is 9.69 Å². The maximum Gasteiger partial charge on any atom is 0.283 e. The summed E-state index contributed by atoms with van der Waals surface area (Å²) in [7, 11) is 0. The van der Waals surface area contributed by atoms with Crippen LogP contribution in [-0.4, -0.2) is 23.4 Å². The number of nitrogens with zero attached hydrogens (tertiary/aromatic N) is 2. The molecule has 2 aromatic carbocycles. The Hall–Kier alpha value is -2.60. The number of amidine groups is 1. The standard InChI is InChI=1S/C20H19FN2O2S/c1-3-25-17-11-9-16(10-12-17)23-19(24)18(22-20(23)26-4-2)13-14-5-7-15(21)8-6-14/h5-13H,3-4H2,1-2H3. The van der Waals surface area contributed by atoms with Gasteiger partial charge in [-0.2, -0.15) is 0 Å². The molecule has 0 N–H and O–H groups in total. The van der Waals surface area contributed by atoms with Crippen LogP contribution in [0.4, 0.5) is 10.1 Å². The monoisotopic (exact) mass is 370 g/mol. The van der Waals surface area contributed by atoms with Crippen LogP contribution in [-0.2, 0) is 4.79 Å². The van der Waals surface area contributed by atoms with Crippen molar-refractivity contribution in [1.29, 1.82) is 0 Å². The number of carbonyl (C=O) groups excluding carboxylic acids is 1. The second kappa shape index (κ2) is 8.19. The molecule has 3 rings (SSSR count). The largest absolute Gasteiger partial charge is 0.494 e. The maximum atomic E-state index is 13.1. The van der Waals surface area contributed by atoms with E-state index in [4.69, 9.17) is 4.74 Å². The number of amides is 1. The van der Waals surface area contributed by atoms with E-state index in [1.807, 2.05) is 38.1 Å². The lowest BCUT2D eigenvalue weighted by Crippen LogP contribution is -2.30. The molecule has 1 heterocycles. The molecule has 0 spiro atoms. The summed E-state index contributed by atoms with van der Waals surface area (Å²) >= 11 is 1.50. The van der Waals surface area contributed by atoms with Crippen LogP contribution in [0.15, 0.2) is 59.2 Å². The van der Waals surface area contributed by atoms with Crippen LogP contribution in [0.5, 0.6) is 5.75 Å². The summed E-state index contributed by atoms with van der Waals surface area (Å²) in [6.45, 7) is 4.52. The van der Waals surface area contributed by atoms with Crippen LogP contribution in [0.3, 0.4) is 0 Å². The van der Waals surface area contributed by atoms with Crippen LogP contribution in [0.2, 0.25) is 0 Å². The topological polar surface area (TPSA) is 41.9 Å². The van der Waals surface area contributed by atoms with E-state index in [1.165, 1.54) is 23.9 Å². The van der Waals surface area contributed by atoms with E-state index in [1.54, 1.807) is 23.1 Å². The first-order chi connectivity index (χ1) is 12.6. The maximum absolute atomic E-state index is 13.1. The van der Waals surface area contributed by atoms with Gasteiger partial charge in [0.05, 0.1) is 12.3 Å². The molecule has 134 valence electrons. The number of carbonyl (C=O) groups is 1. The average molecular weight is 370 g/mol. The molecule has 1 amide bonds. The van der Waals surface area contributed by atoms with Crippen LogP contribution < -0.4 is 9.64 Å². The molecule has 1 aliphatic heterocycles. The first-order valence-electron chi connectivity index (χ1n) is 8.38. The van der Waals surface area contributed by atoms with Gasteiger partial charge in [-0.05, 0) is 60.7 Å². The number of hydrogen-bond donors (Lipinski definition) is 0. The third-order valence-electron chi connectivity index (χ3n) is 3.68. The Labute approximate surface area is 156 Å². The lowest BCUT2D eigenvalue weighted by atomic mass is 10.2. The highest BCUT2D eigenvalue weighted by molar-refractivity contribution is 8.14. The molecular formula is C20H19FN2O2S. The van der Waals surface area contributed by atoms with Gasteiger partial charge in [0, 0.05) is 0 Å². The number of hydrogen-bond acceptors (Lipinski definition) is 4. The normalized spacial score (nSPS) is 15.5. The minimum atomic E-state index is -0.313. The van der Waals surface area contributed by atoms with Crippen molar-refractivity contribution in [1.82, 2.24) is 0 Å².